The lowest BCUT2D eigenvalue weighted by Gasteiger charge is -2.07. The number of Topliss-reactive ketones (excluding diaryl/α,β-unsaturated/α-hetero) is 1. The molecule has 2 atom stereocenters. The van der Waals surface area contributed by atoms with Crippen LogP contribution in [0.5, 0.6) is 0 Å². The number of carbonyl (C=O) groups excluding carboxylic acids is 2. The van der Waals surface area contributed by atoms with Crippen LogP contribution in [-0.4, -0.2) is 32.2 Å². The molecule has 148 valence electrons. The van der Waals surface area contributed by atoms with Crippen LogP contribution in [0, 0.1) is 0 Å². The highest BCUT2D eigenvalue weighted by Crippen LogP contribution is 2.54. The van der Waals surface area contributed by atoms with Gasteiger partial charge in [-0.25, -0.2) is 0 Å². The molecule has 1 aliphatic carbocycles. The highest BCUT2D eigenvalue weighted by molar-refractivity contribution is 7.99. The van der Waals surface area contributed by atoms with Gasteiger partial charge in [0.1, 0.15) is 5.82 Å². The molecule has 3 aromatic rings. The Labute approximate surface area is 173 Å². The predicted molar refractivity (Wildman–Crippen MR) is 113 cm³/mol. The fourth-order valence-corrected chi connectivity index (χ4v) is 4.18. The maximum absolute atomic E-state index is 12.3. The van der Waals surface area contributed by atoms with Crippen molar-refractivity contribution in [3.8, 4) is 0 Å². The van der Waals surface area contributed by atoms with Crippen LogP contribution in [-0.2, 0) is 11.8 Å². The van der Waals surface area contributed by atoms with Crippen LogP contribution in [0.4, 0.5) is 5.69 Å². The lowest BCUT2D eigenvalue weighted by Crippen LogP contribution is -2.14. The minimum atomic E-state index is -0.145. The van der Waals surface area contributed by atoms with E-state index in [1.807, 2.05) is 17.7 Å². The van der Waals surface area contributed by atoms with E-state index in [0.29, 0.717) is 23.1 Å². The molecule has 0 bridgehead atoms. The van der Waals surface area contributed by atoms with Gasteiger partial charge >= 0.3 is 0 Å². The van der Waals surface area contributed by atoms with Crippen molar-refractivity contribution in [2.75, 3.05) is 11.1 Å². The minimum absolute atomic E-state index is 0.0315. The highest BCUT2D eigenvalue weighted by atomic mass is 32.2. The third-order valence-electron chi connectivity index (χ3n) is 5.10. The average Bonchev–Trinajstić information content (AvgIpc) is 3.43. The third kappa shape index (κ3) is 4.40. The Morgan fingerprint density at radius 2 is 1.90 bits per heavy atom. The second kappa shape index (κ2) is 8.21. The number of hydrogen-bond donors (Lipinski definition) is 1. The maximum Gasteiger partial charge on any atom is 0.234 e. The van der Waals surface area contributed by atoms with Crippen LogP contribution in [0.3, 0.4) is 0 Å². The first-order chi connectivity index (χ1) is 14.0. The maximum atomic E-state index is 12.3. The summed E-state index contributed by atoms with van der Waals surface area (Å²) in [6.45, 7) is 1.50. The number of rotatable bonds is 7. The molecule has 7 heteroatoms. The molecule has 0 spiro atoms. The summed E-state index contributed by atoms with van der Waals surface area (Å²) in [4.78, 5) is 23.8. The number of ketones is 1. The Hall–Kier alpha value is -2.93. The Bertz CT molecular complexity index is 1050. The van der Waals surface area contributed by atoms with E-state index in [1.54, 1.807) is 24.3 Å². The summed E-state index contributed by atoms with van der Waals surface area (Å²) in [6, 6.07) is 17.4. The van der Waals surface area contributed by atoms with Crippen LogP contribution >= 0.6 is 11.8 Å². The number of carbonyl (C=O) groups is 2. The summed E-state index contributed by atoms with van der Waals surface area (Å²) in [6.07, 6.45) is 1.08. The summed E-state index contributed by atoms with van der Waals surface area (Å²) >= 11 is 1.36. The fraction of sp³-hybridized carbons (Fsp3) is 0.273. The number of nitrogens with zero attached hydrogens (tertiary/aromatic N) is 3. The quantitative estimate of drug-likeness (QED) is 0.474. The van der Waals surface area contributed by atoms with Gasteiger partial charge in [-0.2, -0.15) is 0 Å². The molecule has 4 rings (SSSR count). The van der Waals surface area contributed by atoms with E-state index in [-0.39, 0.29) is 17.4 Å². The molecule has 1 aromatic heterocycles. The van der Waals surface area contributed by atoms with Crippen molar-refractivity contribution >= 4 is 29.1 Å². The van der Waals surface area contributed by atoms with Gasteiger partial charge in [-0.1, -0.05) is 54.2 Å². The summed E-state index contributed by atoms with van der Waals surface area (Å²) in [5.74, 6) is 1.89. The third-order valence-corrected chi connectivity index (χ3v) is 6.12. The van der Waals surface area contributed by atoms with Gasteiger partial charge in [0.05, 0.1) is 5.75 Å². The molecule has 2 aromatic carbocycles. The molecule has 0 radical (unpaired) electrons. The summed E-state index contributed by atoms with van der Waals surface area (Å²) in [7, 11) is 1.95. The second-order valence-electron chi connectivity index (χ2n) is 7.23. The molecule has 0 aliphatic heterocycles. The highest BCUT2D eigenvalue weighted by Gasteiger charge is 2.42. The number of thioether (sulfide) groups is 1. The number of aromatic nitrogens is 3. The van der Waals surface area contributed by atoms with Crippen molar-refractivity contribution < 1.29 is 9.59 Å². The van der Waals surface area contributed by atoms with Crippen molar-refractivity contribution in [3.63, 3.8) is 0 Å². The lowest BCUT2D eigenvalue weighted by atomic mass is 10.1. The van der Waals surface area contributed by atoms with Crippen molar-refractivity contribution in [2.24, 2.45) is 7.05 Å². The SMILES string of the molecule is CC(=O)c1cccc(NC(=O)CSc2nnc(C3CC3c3ccccc3)n2C)c1. The minimum Gasteiger partial charge on any atom is -0.325 e. The Balaban J connectivity index is 1.35. The molecule has 6 nitrogen and oxygen atoms in total. The van der Waals surface area contributed by atoms with Crippen LogP contribution < -0.4 is 5.32 Å². The zero-order valence-electron chi connectivity index (χ0n) is 16.3. The van der Waals surface area contributed by atoms with E-state index in [0.717, 1.165) is 17.4 Å². The summed E-state index contributed by atoms with van der Waals surface area (Å²) in [5, 5.41) is 12.2. The van der Waals surface area contributed by atoms with E-state index in [9.17, 15) is 9.59 Å². The molecule has 0 saturated heterocycles. The van der Waals surface area contributed by atoms with Gasteiger partial charge in [-0.05, 0) is 37.0 Å². The number of nitrogens with one attached hydrogen (secondary N) is 1. The first-order valence-electron chi connectivity index (χ1n) is 9.51. The molecular weight excluding hydrogens is 384 g/mol. The summed E-state index contributed by atoms with van der Waals surface area (Å²) in [5.41, 5.74) is 2.53. The van der Waals surface area contributed by atoms with Crippen LogP contribution in [0.1, 0.15) is 46.9 Å². The molecule has 1 amide bonds. The Morgan fingerprint density at radius 3 is 2.66 bits per heavy atom. The first kappa shape index (κ1) is 19.4. The first-order valence-corrected chi connectivity index (χ1v) is 10.5. The van der Waals surface area contributed by atoms with Crippen LogP contribution in [0.2, 0.25) is 0 Å². The molecule has 1 heterocycles. The van der Waals surface area contributed by atoms with E-state index >= 15 is 0 Å². The molecule has 1 saturated carbocycles. The average molecular weight is 407 g/mol. The van der Waals surface area contributed by atoms with Crippen molar-refractivity contribution in [2.45, 2.75) is 30.3 Å². The topological polar surface area (TPSA) is 76.9 Å². The zero-order chi connectivity index (χ0) is 20.4. The van der Waals surface area contributed by atoms with Gasteiger partial charge in [0.2, 0.25) is 5.91 Å². The Morgan fingerprint density at radius 1 is 1.10 bits per heavy atom. The summed E-state index contributed by atoms with van der Waals surface area (Å²) < 4.78 is 1.99. The predicted octanol–water partition coefficient (Wildman–Crippen LogP) is 4.02. The van der Waals surface area contributed by atoms with E-state index in [1.165, 1.54) is 24.2 Å². The normalized spacial score (nSPS) is 17.7. The lowest BCUT2D eigenvalue weighted by molar-refractivity contribution is -0.113. The molecule has 29 heavy (non-hydrogen) atoms. The van der Waals surface area contributed by atoms with E-state index in [4.69, 9.17) is 0 Å². The number of hydrogen-bond acceptors (Lipinski definition) is 5. The molecular formula is C22H22N4O2S. The van der Waals surface area contributed by atoms with Gasteiger partial charge in [0, 0.05) is 24.2 Å². The van der Waals surface area contributed by atoms with Crippen LogP contribution in [0.25, 0.3) is 0 Å². The van der Waals surface area contributed by atoms with Gasteiger partial charge in [-0.3, -0.25) is 9.59 Å². The van der Waals surface area contributed by atoms with Crippen molar-refractivity contribution in [3.05, 3.63) is 71.5 Å². The van der Waals surface area contributed by atoms with E-state index in [2.05, 4.69) is 39.8 Å². The van der Waals surface area contributed by atoms with Gasteiger partial charge in [0.15, 0.2) is 10.9 Å². The van der Waals surface area contributed by atoms with Crippen molar-refractivity contribution in [1.29, 1.82) is 0 Å². The molecule has 2 unspecified atom stereocenters. The van der Waals surface area contributed by atoms with Crippen LogP contribution in [0.15, 0.2) is 59.8 Å². The largest absolute Gasteiger partial charge is 0.325 e. The van der Waals surface area contributed by atoms with Gasteiger partial charge < -0.3 is 9.88 Å². The van der Waals surface area contributed by atoms with Crippen molar-refractivity contribution in [1.82, 2.24) is 14.8 Å². The smallest absolute Gasteiger partial charge is 0.234 e. The number of anilines is 1. The van der Waals surface area contributed by atoms with Gasteiger partial charge in [-0.15, -0.1) is 10.2 Å². The Kier molecular flexibility index (Phi) is 5.49. The molecule has 1 fully saturated rings. The number of benzene rings is 2. The monoisotopic (exact) mass is 406 g/mol. The van der Waals surface area contributed by atoms with Gasteiger partial charge in [0.25, 0.3) is 0 Å². The van der Waals surface area contributed by atoms with E-state index < -0.39 is 0 Å². The fourth-order valence-electron chi connectivity index (χ4n) is 3.47. The molecule has 1 aliphatic rings. The standard InChI is InChI=1S/C22H22N4O2S/c1-14(27)16-9-6-10-17(11-16)23-20(28)13-29-22-25-24-21(26(22)2)19-12-18(19)15-7-4-3-5-8-15/h3-11,18-19H,12-13H2,1-2H3,(H,23,28). The number of amides is 1. The molecule has 1 N–H and O–H groups in total. The second-order valence-corrected chi connectivity index (χ2v) is 8.18. The zero-order valence-corrected chi connectivity index (χ0v) is 17.1.